The van der Waals surface area contributed by atoms with Gasteiger partial charge in [-0.1, -0.05) is 0 Å². The van der Waals surface area contributed by atoms with Crippen LogP contribution in [-0.2, 0) is 4.74 Å². The molecule has 1 fully saturated rings. The molecule has 1 saturated heterocycles. The largest absolute Gasteiger partial charge is 0.389 e. The van der Waals surface area contributed by atoms with Crippen LogP contribution in [0.15, 0.2) is 0 Å². The van der Waals surface area contributed by atoms with E-state index in [0.29, 0.717) is 6.42 Å². The zero-order valence-electron chi connectivity index (χ0n) is 10.4. The van der Waals surface area contributed by atoms with Crippen LogP contribution in [0.3, 0.4) is 0 Å². The van der Waals surface area contributed by atoms with Gasteiger partial charge in [0.2, 0.25) is 0 Å². The van der Waals surface area contributed by atoms with Crippen molar-refractivity contribution in [2.24, 2.45) is 0 Å². The molecule has 1 aliphatic rings. The molecule has 0 spiro atoms. The summed E-state index contributed by atoms with van der Waals surface area (Å²) < 4.78 is 41.4. The Morgan fingerprint density at radius 2 is 2.12 bits per heavy atom. The third-order valence-electron chi connectivity index (χ3n) is 3.07. The summed E-state index contributed by atoms with van der Waals surface area (Å²) in [5, 5.41) is 3.25. The van der Waals surface area contributed by atoms with E-state index < -0.39 is 12.6 Å². The first-order chi connectivity index (χ1) is 7.97. The highest BCUT2D eigenvalue weighted by molar-refractivity contribution is 4.70. The van der Waals surface area contributed by atoms with Crippen molar-refractivity contribution in [1.82, 2.24) is 5.32 Å². The molecule has 1 heterocycles. The lowest BCUT2D eigenvalue weighted by molar-refractivity contribution is -0.135. The van der Waals surface area contributed by atoms with Crippen LogP contribution >= 0.6 is 0 Å². The Balaban J connectivity index is 2.02. The third-order valence-corrected chi connectivity index (χ3v) is 3.07. The van der Waals surface area contributed by atoms with Crippen LogP contribution in [0.4, 0.5) is 13.2 Å². The molecular weight excluding hydrogens is 231 g/mol. The van der Waals surface area contributed by atoms with E-state index in [-0.39, 0.29) is 18.6 Å². The Morgan fingerprint density at radius 1 is 1.35 bits per heavy atom. The second-order valence-corrected chi connectivity index (χ2v) is 4.81. The topological polar surface area (TPSA) is 21.3 Å². The van der Waals surface area contributed by atoms with Gasteiger partial charge in [-0.2, -0.15) is 13.2 Å². The van der Waals surface area contributed by atoms with E-state index in [2.05, 4.69) is 5.32 Å². The van der Waals surface area contributed by atoms with Gasteiger partial charge >= 0.3 is 6.18 Å². The zero-order chi connectivity index (χ0) is 12.7. The highest BCUT2D eigenvalue weighted by Crippen LogP contribution is 2.22. The van der Waals surface area contributed by atoms with Crippen molar-refractivity contribution in [3.8, 4) is 0 Å². The maximum absolute atomic E-state index is 11.9. The molecule has 1 aliphatic heterocycles. The second kappa shape index (κ2) is 7.21. The summed E-state index contributed by atoms with van der Waals surface area (Å²) in [6.45, 7) is 3.50. The number of rotatable bonds is 6. The van der Waals surface area contributed by atoms with Crippen LogP contribution in [0.25, 0.3) is 0 Å². The number of halogens is 3. The molecule has 102 valence electrons. The van der Waals surface area contributed by atoms with E-state index in [1.165, 1.54) is 6.42 Å². The number of hydrogen-bond acceptors (Lipinski definition) is 2. The van der Waals surface area contributed by atoms with Crippen LogP contribution in [0, 0.1) is 0 Å². The minimum absolute atomic E-state index is 0.128. The normalized spacial score (nSPS) is 23.6. The lowest BCUT2D eigenvalue weighted by Crippen LogP contribution is -2.36. The van der Waals surface area contributed by atoms with E-state index in [9.17, 15) is 13.2 Å². The fraction of sp³-hybridized carbons (Fsp3) is 1.00. The van der Waals surface area contributed by atoms with Crippen LogP contribution < -0.4 is 5.32 Å². The molecule has 5 heteroatoms. The molecule has 17 heavy (non-hydrogen) atoms. The molecule has 0 aromatic rings. The summed E-state index contributed by atoms with van der Waals surface area (Å²) in [4.78, 5) is 0. The van der Waals surface area contributed by atoms with E-state index in [1.54, 1.807) is 0 Å². The zero-order valence-corrected chi connectivity index (χ0v) is 10.4. The average molecular weight is 253 g/mol. The van der Waals surface area contributed by atoms with Gasteiger partial charge in [-0.15, -0.1) is 0 Å². The summed E-state index contributed by atoms with van der Waals surface area (Å²) in [5.74, 6) is 0. The first-order valence-electron chi connectivity index (χ1n) is 6.39. The Kier molecular flexibility index (Phi) is 6.27. The molecule has 1 N–H and O–H groups in total. The molecule has 2 unspecified atom stereocenters. The van der Waals surface area contributed by atoms with Gasteiger partial charge in [-0.05, 0) is 39.0 Å². The molecule has 2 atom stereocenters. The monoisotopic (exact) mass is 253 g/mol. The number of alkyl halides is 3. The molecule has 0 aliphatic carbocycles. The number of nitrogens with one attached hydrogen (secondary N) is 1. The van der Waals surface area contributed by atoms with Gasteiger partial charge in [0, 0.05) is 25.6 Å². The molecule has 2 nitrogen and oxygen atoms in total. The van der Waals surface area contributed by atoms with E-state index >= 15 is 0 Å². The predicted octanol–water partition coefficient (Wildman–Crippen LogP) is 3.27. The third kappa shape index (κ3) is 7.60. The minimum Gasteiger partial charge on any atom is -0.377 e. The van der Waals surface area contributed by atoms with Gasteiger partial charge in [0.25, 0.3) is 0 Å². The van der Waals surface area contributed by atoms with Gasteiger partial charge in [0.1, 0.15) is 0 Å². The lowest BCUT2D eigenvalue weighted by atomic mass is 10.1. The van der Waals surface area contributed by atoms with Gasteiger partial charge in [-0.3, -0.25) is 0 Å². The Bertz CT molecular complexity index is 202. The number of ether oxygens (including phenoxy) is 1. The molecule has 0 radical (unpaired) electrons. The smallest absolute Gasteiger partial charge is 0.377 e. The van der Waals surface area contributed by atoms with Gasteiger partial charge < -0.3 is 10.1 Å². The quantitative estimate of drug-likeness (QED) is 0.784. The average Bonchev–Trinajstić information content (AvgIpc) is 2.26. The Labute approximate surface area is 101 Å². The summed E-state index contributed by atoms with van der Waals surface area (Å²) in [6, 6.07) is 0.128. The first kappa shape index (κ1) is 14.8. The van der Waals surface area contributed by atoms with Crippen molar-refractivity contribution < 1.29 is 17.9 Å². The van der Waals surface area contributed by atoms with Crippen molar-refractivity contribution >= 4 is 0 Å². The van der Waals surface area contributed by atoms with Crippen molar-refractivity contribution in [2.45, 2.75) is 63.8 Å². The summed E-state index contributed by atoms with van der Waals surface area (Å²) in [5.41, 5.74) is 0. The maximum atomic E-state index is 11.9. The summed E-state index contributed by atoms with van der Waals surface area (Å²) >= 11 is 0. The first-order valence-corrected chi connectivity index (χ1v) is 6.39. The molecule has 0 amide bonds. The van der Waals surface area contributed by atoms with E-state index in [1.807, 2.05) is 6.92 Å². The molecule has 0 aromatic carbocycles. The Morgan fingerprint density at radius 3 is 2.71 bits per heavy atom. The molecule has 1 rings (SSSR count). The maximum Gasteiger partial charge on any atom is 0.389 e. The van der Waals surface area contributed by atoms with Crippen LogP contribution in [0.5, 0.6) is 0 Å². The van der Waals surface area contributed by atoms with Crippen molar-refractivity contribution in [3.05, 3.63) is 0 Å². The highest BCUT2D eigenvalue weighted by atomic mass is 19.4. The minimum atomic E-state index is -4.02. The number of hydrogen-bond donors (Lipinski definition) is 1. The fourth-order valence-electron chi connectivity index (χ4n) is 2.01. The summed E-state index contributed by atoms with van der Waals surface area (Å²) in [6.07, 6.45) is -0.330. The van der Waals surface area contributed by atoms with Gasteiger partial charge in [0.05, 0.1) is 6.10 Å². The molecule has 0 saturated carbocycles. The molecule has 0 bridgehead atoms. The lowest BCUT2D eigenvalue weighted by Gasteiger charge is -2.24. The summed E-state index contributed by atoms with van der Waals surface area (Å²) in [7, 11) is 0. The SMILES string of the molecule is CC(CCCC(F)(F)F)NCC1CCCCO1. The second-order valence-electron chi connectivity index (χ2n) is 4.81. The van der Waals surface area contributed by atoms with Crippen LogP contribution in [0.1, 0.15) is 45.4 Å². The Hall–Kier alpha value is -0.290. The van der Waals surface area contributed by atoms with Crippen molar-refractivity contribution in [1.29, 1.82) is 0 Å². The fourth-order valence-corrected chi connectivity index (χ4v) is 2.01. The van der Waals surface area contributed by atoms with Crippen LogP contribution in [0.2, 0.25) is 0 Å². The van der Waals surface area contributed by atoms with Crippen molar-refractivity contribution in [3.63, 3.8) is 0 Å². The van der Waals surface area contributed by atoms with Crippen molar-refractivity contribution in [2.75, 3.05) is 13.2 Å². The highest BCUT2D eigenvalue weighted by Gasteiger charge is 2.26. The van der Waals surface area contributed by atoms with Gasteiger partial charge in [0.15, 0.2) is 0 Å². The van der Waals surface area contributed by atoms with E-state index in [0.717, 1.165) is 26.0 Å². The van der Waals surface area contributed by atoms with Crippen LogP contribution in [-0.4, -0.2) is 31.5 Å². The van der Waals surface area contributed by atoms with Gasteiger partial charge in [-0.25, -0.2) is 0 Å². The molecular formula is C12H22F3NO. The predicted molar refractivity (Wildman–Crippen MR) is 61.0 cm³/mol. The standard InChI is InChI=1S/C12H22F3NO/c1-10(5-4-7-12(13,14)15)16-9-11-6-2-3-8-17-11/h10-11,16H,2-9H2,1H3. The molecule has 0 aromatic heterocycles. The van der Waals surface area contributed by atoms with E-state index in [4.69, 9.17) is 4.74 Å².